The number of hydrogen-bond acceptors (Lipinski definition) is 3. The Morgan fingerprint density at radius 3 is 2.73 bits per heavy atom. The number of alkyl halides is 3. The molecule has 1 aromatic heterocycles. The van der Waals surface area contributed by atoms with Crippen molar-refractivity contribution in [1.29, 1.82) is 0 Å². The van der Waals surface area contributed by atoms with Crippen LogP contribution in [0.1, 0.15) is 29.9 Å². The lowest BCUT2D eigenvalue weighted by Crippen LogP contribution is -2.58. The normalized spacial score (nSPS) is 18.0. The molecule has 0 bridgehead atoms. The number of rotatable bonds is 3. The molecule has 2 heterocycles. The summed E-state index contributed by atoms with van der Waals surface area (Å²) in [5.74, 6) is -1.07. The van der Waals surface area contributed by atoms with Crippen LogP contribution in [0.2, 0.25) is 5.02 Å². The Balaban J connectivity index is 1.99. The topological polar surface area (TPSA) is 74.3 Å². The molecular weight excluding hydrogens is 428 g/mol. The van der Waals surface area contributed by atoms with E-state index in [2.05, 4.69) is 15.6 Å². The third-order valence-corrected chi connectivity index (χ3v) is 4.95. The van der Waals surface area contributed by atoms with Gasteiger partial charge in [-0.25, -0.2) is 14.2 Å². The van der Waals surface area contributed by atoms with Crippen molar-refractivity contribution in [2.45, 2.75) is 25.2 Å². The van der Waals surface area contributed by atoms with Gasteiger partial charge in [-0.05, 0) is 36.8 Å². The zero-order chi connectivity index (χ0) is 22.1. The van der Waals surface area contributed by atoms with Crippen molar-refractivity contribution in [3.8, 4) is 0 Å². The van der Waals surface area contributed by atoms with Gasteiger partial charge in [0.2, 0.25) is 5.91 Å². The summed E-state index contributed by atoms with van der Waals surface area (Å²) >= 11 is 5.83. The number of urea groups is 1. The smallest absolute Gasteiger partial charge is 0.353 e. The predicted molar refractivity (Wildman–Crippen MR) is 100 cm³/mol. The largest absolute Gasteiger partial charge is 0.433 e. The molecule has 1 saturated heterocycles. The highest BCUT2D eigenvalue weighted by molar-refractivity contribution is 6.30. The van der Waals surface area contributed by atoms with Gasteiger partial charge in [0, 0.05) is 13.1 Å². The Morgan fingerprint density at radius 1 is 1.33 bits per heavy atom. The van der Waals surface area contributed by atoms with Gasteiger partial charge >= 0.3 is 12.2 Å². The Morgan fingerprint density at radius 2 is 2.07 bits per heavy atom. The van der Waals surface area contributed by atoms with Crippen molar-refractivity contribution in [2.24, 2.45) is 0 Å². The minimum Gasteiger partial charge on any atom is -0.353 e. The van der Waals surface area contributed by atoms with Gasteiger partial charge in [-0.1, -0.05) is 23.7 Å². The van der Waals surface area contributed by atoms with Crippen molar-refractivity contribution >= 4 is 23.5 Å². The highest BCUT2D eigenvalue weighted by atomic mass is 35.5. The Bertz CT molecular complexity index is 970. The van der Waals surface area contributed by atoms with Crippen molar-refractivity contribution in [1.82, 2.24) is 20.5 Å². The third kappa shape index (κ3) is 4.64. The first-order valence-corrected chi connectivity index (χ1v) is 9.29. The van der Waals surface area contributed by atoms with Gasteiger partial charge in [0.05, 0.1) is 16.8 Å². The first-order chi connectivity index (χ1) is 14.1. The summed E-state index contributed by atoms with van der Waals surface area (Å²) in [6.45, 7) is 1.98. The Labute approximate surface area is 174 Å². The lowest BCUT2D eigenvalue weighted by Gasteiger charge is -2.34. The number of pyridine rings is 1. The number of aromatic nitrogens is 1. The number of hydrogen-bond donors (Lipinski definition) is 2. The number of halogens is 5. The summed E-state index contributed by atoms with van der Waals surface area (Å²) in [6, 6.07) is 4.20. The molecule has 2 N–H and O–H groups in total. The first-order valence-electron chi connectivity index (χ1n) is 8.92. The van der Waals surface area contributed by atoms with Crippen LogP contribution >= 0.6 is 11.6 Å². The standard InChI is InChI=1S/C19H17ClF4N4O2/c1-10-17(29)25-7-8-28(10)18(30)27-16(11-5-6-13(21)12(20)9-11)14-3-2-4-15(26-14)19(22,23)24/h2-6,9-10,16H,7-8H2,1H3,(H,25,29)(H,27,30)/t10-,16-/m0/s1. The molecule has 0 unspecified atom stereocenters. The van der Waals surface area contributed by atoms with Crippen LogP contribution in [0.4, 0.5) is 22.4 Å². The predicted octanol–water partition coefficient (Wildman–Crippen LogP) is 3.51. The average molecular weight is 445 g/mol. The van der Waals surface area contributed by atoms with E-state index in [0.717, 1.165) is 18.2 Å². The van der Waals surface area contributed by atoms with Gasteiger partial charge in [0.25, 0.3) is 0 Å². The second-order valence-corrected chi connectivity index (χ2v) is 7.07. The Hall–Kier alpha value is -2.88. The number of piperazine rings is 1. The number of benzene rings is 1. The van der Waals surface area contributed by atoms with Crippen molar-refractivity contribution in [3.63, 3.8) is 0 Å². The number of nitrogens with zero attached hydrogens (tertiary/aromatic N) is 2. The van der Waals surface area contributed by atoms with Crippen LogP contribution in [0.3, 0.4) is 0 Å². The van der Waals surface area contributed by atoms with Gasteiger partial charge in [-0.3, -0.25) is 4.79 Å². The molecule has 1 aliphatic heterocycles. The van der Waals surface area contributed by atoms with E-state index in [-0.39, 0.29) is 35.3 Å². The van der Waals surface area contributed by atoms with Gasteiger partial charge in [-0.15, -0.1) is 0 Å². The summed E-state index contributed by atoms with van der Waals surface area (Å²) in [4.78, 5) is 29.6. The SMILES string of the molecule is C[C@H]1C(=O)NCCN1C(=O)N[C@@H](c1ccc(F)c(Cl)c1)c1cccc(C(F)(F)F)n1. The second kappa shape index (κ2) is 8.47. The lowest BCUT2D eigenvalue weighted by molar-refractivity contribution is -0.141. The average Bonchev–Trinajstić information content (AvgIpc) is 2.69. The monoisotopic (exact) mass is 444 g/mol. The van der Waals surface area contributed by atoms with E-state index in [9.17, 15) is 27.2 Å². The molecule has 0 radical (unpaired) electrons. The zero-order valence-corrected chi connectivity index (χ0v) is 16.4. The first kappa shape index (κ1) is 21.8. The number of nitrogens with one attached hydrogen (secondary N) is 2. The number of carbonyl (C=O) groups excluding carboxylic acids is 2. The summed E-state index contributed by atoms with van der Waals surface area (Å²) < 4.78 is 53.0. The molecule has 160 valence electrons. The molecule has 11 heteroatoms. The molecule has 0 spiro atoms. The highest BCUT2D eigenvalue weighted by Crippen LogP contribution is 2.30. The van der Waals surface area contributed by atoms with E-state index in [1.807, 2.05) is 0 Å². The van der Waals surface area contributed by atoms with Gasteiger partial charge in [0.1, 0.15) is 17.6 Å². The van der Waals surface area contributed by atoms with Crippen LogP contribution < -0.4 is 10.6 Å². The molecule has 1 fully saturated rings. The molecule has 0 saturated carbocycles. The van der Waals surface area contributed by atoms with E-state index >= 15 is 0 Å². The van der Waals surface area contributed by atoms with E-state index in [4.69, 9.17) is 11.6 Å². The minimum absolute atomic E-state index is 0.116. The molecule has 3 amide bonds. The van der Waals surface area contributed by atoms with E-state index < -0.39 is 35.8 Å². The zero-order valence-electron chi connectivity index (χ0n) is 15.6. The molecular formula is C19H17ClF4N4O2. The summed E-state index contributed by atoms with van der Waals surface area (Å²) in [7, 11) is 0. The number of carbonyl (C=O) groups is 2. The van der Waals surface area contributed by atoms with Gasteiger partial charge in [-0.2, -0.15) is 13.2 Å². The second-order valence-electron chi connectivity index (χ2n) is 6.66. The van der Waals surface area contributed by atoms with Crippen molar-refractivity contribution < 1.29 is 27.2 Å². The summed E-state index contributed by atoms with van der Waals surface area (Å²) in [5, 5.41) is 4.95. The van der Waals surface area contributed by atoms with E-state index in [1.165, 1.54) is 30.0 Å². The highest BCUT2D eigenvalue weighted by Gasteiger charge is 2.34. The Kier molecular flexibility index (Phi) is 6.16. The van der Waals surface area contributed by atoms with Crippen LogP contribution in [0.25, 0.3) is 0 Å². The summed E-state index contributed by atoms with van der Waals surface area (Å²) in [6.07, 6.45) is -4.69. The maximum absolute atomic E-state index is 13.6. The molecule has 1 aliphatic rings. The van der Waals surface area contributed by atoms with Crippen molar-refractivity contribution in [2.75, 3.05) is 13.1 Å². The van der Waals surface area contributed by atoms with E-state index in [1.54, 1.807) is 0 Å². The fraction of sp³-hybridized carbons (Fsp3) is 0.316. The minimum atomic E-state index is -4.69. The maximum atomic E-state index is 13.6. The fourth-order valence-corrected chi connectivity index (χ4v) is 3.25. The maximum Gasteiger partial charge on any atom is 0.433 e. The molecule has 30 heavy (non-hydrogen) atoms. The molecule has 3 rings (SSSR count). The van der Waals surface area contributed by atoms with Crippen LogP contribution in [0, 0.1) is 5.82 Å². The van der Waals surface area contributed by atoms with Gasteiger partial charge < -0.3 is 15.5 Å². The van der Waals surface area contributed by atoms with Crippen LogP contribution in [-0.4, -0.2) is 41.0 Å². The molecule has 2 aromatic rings. The molecule has 1 aromatic carbocycles. The van der Waals surface area contributed by atoms with Gasteiger partial charge in [0.15, 0.2) is 0 Å². The number of amides is 3. The van der Waals surface area contributed by atoms with Crippen LogP contribution in [0.15, 0.2) is 36.4 Å². The molecule has 6 nitrogen and oxygen atoms in total. The lowest BCUT2D eigenvalue weighted by atomic mass is 10.0. The molecule has 2 atom stereocenters. The van der Waals surface area contributed by atoms with Crippen molar-refractivity contribution in [3.05, 3.63) is 64.2 Å². The molecule has 0 aliphatic carbocycles. The third-order valence-electron chi connectivity index (χ3n) is 4.66. The van der Waals surface area contributed by atoms with Crippen LogP contribution in [0.5, 0.6) is 0 Å². The van der Waals surface area contributed by atoms with Crippen LogP contribution in [-0.2, 0) is 11.0 Å². The van der Waals surface area contributed by atoms with E-state index in [0.29, 0.717) is 0 Å². The summed E-state index contributed by atoms with van der Waals surface area (Å²) in [5.41, 5.74) is -1.02. The fourth-order valence-electron chi connectivity index (χ4n) is 3.06. The quantitative estimate of drug-likeness (QED) is 0.711.